The molecule has 0 aliphatic heterocycles. The molecule has 0 unspecified atom stereocenters. The van der Waals surface area contributed by atoms with Gasteiger partial charge in [0.15, 0.2) is 0 Å². The molecular formula is C23H23Cl3N4O3S. The standard InChI is InChI=1S/C23H23Cl3N4O3S/c1-14-5-6-18(24)10-21(14)29(34(4,32)33)13-23(31)28-27-12-17-9-15(2)30(16(17)3)22-11-19(25)7-8-20(22)26/h5-12H,13H2,1-4H3,(H,28,31)/b27-12-. The van der Waals surface area contributed by atoms with Crippen LogP contribution in [0.4, 0.5) is 5.69 Å². The quantitative estimate of drug-likeness (QED) is 0.326. The fraction of sp³-hybridized carbons (Fsp3) is 0.217. The van der Waals surface area contributed by atoms with Crippen LogP contribution in [0.1, 0.15) is 22.5 Å². The van der Waals surface area contributed by atoms with Gasteiger partial charge in [0.25, 0.3) is 5.91 Å². The van der Waals surface area contributed by atoms with Gasteiger partial charge in [-0.2, -0.15) is 5.10 Å². The molecule has 7 nitrogen and oxygen atoms in total. The van der Waals surface area contributed by atoms with Gasteiger partial charge in [-0.15, -0.1) is 0 Å². The van der Waals surface area contributed by atoms with Crippen molar-refractivity contribution in [3.05, 3.63) is 80.0 Å². The molecule has 180 valence electrons. The Hall–Kier alpha value is -2.52. The van der Waals surface area contributed by atoms with Gasteiger partial charge in [-0.25, -0.2) is 13.8 Å². The molecule has 2 aromatic carbocycles. The Labute approximate surface area is 214 Å². The molecule has 0 fully saturated rings. The number of carbonyl (C=O) groups is 1. The van der Waals surface area contributed by atoms with Crippen LogP contribution in [0, 0.1) is 20.8 Å². The van der Waals surface area contributed by atoms with Crippen molar-refractivity contribution in [3.63, 3.8) is 0 Å². The summed E-state index contributed by atoms with van der Waals surface area (Å²) in [6.45, 7) is 5.09. The van der Waals surface area contributed by atoms with E-state index in [4.69, 9.17) is 34.8 Å². The molecule has 1 amide bonds. The SMILES string of the molecule is Cc1ccc(Cl)cc1N(CC(=O)N/N=C\c1cc(C)n(-c2cc(Cl)ccc2Cl)c1C)S(C)(=O)=O. The lowest BCUT2D eigenvalue weighted by Gasteiger charge is -2.23. The summed E-state index contributed by atoms with van der Waals surface area (Å²) < 4.78 is 27.6. The van der Waals surface area contributed by atoms with Crippen LogP contribution in [0.5, 0.6) is 0 Å². The molecule has 0 bridgehead atoms. The minimum Gasteiger partial charge on any atom is -0.316 e. The first-order chi connectivity index (χ1) is 15.9. The van der Waals surface area contributed by atoms with Crippen molar-refractivity contribution in [2.75, 3.05) is 17.1 Å². The summed E-state index contributed by atoms with van der Waals surface area (Å²) in [4.78, 5) is 12.5. The highest BCUT2D eigenvalue weighted by Gasteiger charge is 2.22. The Kier molecular flexibility index (Phi) is 7.98. The molecule has 1 heterocycles. The fourth-order valence-corrected chi connectivity index (χ4v) is 4.96. The summed E-state index contributed by atoms with van der Waals surface area (Å²) in [5, 5.41) is 5.48. The second-order valence-corrected chi connectivity index (χ2v) is 10.9. The number of aromatic nitrogens is 1. The van der Waals surface area contributed by atoms with E-state index >= 15 is 0 Å². The van der Waals surface area contributed by atoms with E-state index in [9.17, 15) is 13.2 Å². The van der Waals surface area contributed by atoms with Crippen molar-refractivity contribution in [3.8, 4) is 5.69 Å². The van der Waals surface area contributed by atoms with Crippen LogP contribution in [0.2, 0.25) is 15.1 Å². The largest absolute Gasteiger partial charge is 0.316 e. The van der Waals surface area contributed by atoms with Crippen LogP contribution in [-0.2, 0) is 14.8 Å². The molecule has 1 N–H and O–H groups in total. The van der Waals surface area contributed by atoms with Gasteiger partial charge in [-0.1, -0.05) is 40.9 Å². The van der Waals surface area contributed by atoms with Crippen LogP contribution in [-0.4, -0.2) is 37.9 Å². The predicted molar refractivity (Wildman–Crippen MR) is 139 cm³/mol. The molecule has 0 saturated heterocycles. The third-order valence-corrected chi connectivity index (χ3v) is 7.06. The van der Waals surface area contributed by atoms with Crippen molar-refractivity contribution < 1.29 is 13.2 Å². The van der Waals surface area contributed by atoms with Crippen LogP contribution in [0.15, 0.2) is 47.6 Å². The van der Waals surface area contributed by atoms with Crippen LogP contribution >= 0.6 is 34.8 Å². The molecule has 0 aliphatic carbocycles. The Bertz CT molecular complexity index is 1380. The van der Waals surface area contributed by atoms with Crippen LogP contribution < -0.4 is 9.73 Å². The number of hydrogen-bond donors (Lipinski definition) is 1. The summed E-state index contributed by atoms with van der Waals surface area (Å²) in [5.74, 6) is -0.604. The van der Waals surface area contributed by atoms with Crippen molar-refractivity contribution in [2.24, 2.45) is 5.10 Å². The number of hydrogen-bond acceptors (Lipinski definition) is 4. The number of hydrazone groups is 1. The first kappa shape index (κ1) is 26.1. The number of nitrogens with one attached hydrogen (secondary N) is 1. The molecular weight excluding hydrogens is 519 g/mol. The number of amides is 1. The highest BCUT2D eigenvalue weighted by atomic mass is 35.5. The maximum absolute atomic E-state index is 12.5. The van der Waals surface area contributed by atoms with Crippen LogP contribution in [0.3, 0.4) is 0 Å². The maximum atomic E-state index is 12.5. The molecule has 34 heavy (non-hydrogen) atoms. The number of sulfonamides is 1. The van der Waals surface area contributed by atoms with Gasteiger partial charge in [-0.05, 0) is 62.7 Å². The lowest BCUT2D eigenvalue weighted by Crippen LogP contribution is -2.39. The molecule has 0 spiro atoms. The Morgan fingerprint density at radius 2 is 1.71 bits per heavy atom. The summed E-state index contributed by atoms with van der Waals surface area (Å²) in [6.07, 6.45) is 2.52. The normalized spacial score (nSPS) is 11.7. The second kappa shape index (κ2) is 10.4. The number of nitrogens with zero attached hydrogens (tertiary/aromatic N) is 3. The van der Waals surface area contributed by atoms with E-state index in [0.717, 1.165) is 33.2 Å². The van der Waals surface area contributed by atoms with Crippen molar-refractivity contribution in [1.29, 1.82) is 0 Å². The Morgan fingerprint density at radius 1 is 1.06 bits per heavy atom. The third-order valence-electron chi connectivity index (χ3n) is 5.14. The van der Waals surface area contributed by atoms with Gasteiger partial charge >= 0.3 is 0 Å². The average Bonchev–Trinajstić information content (AvgIpc) is 3.02. The van der Waals surface area contributed by atoms with E-state index in [2.05, 4.69) is 10.5 Å². The summed E-state index contributed by atoms with van der Waals surface area (Å²) >= 11 is 18.5. The van der Waals surface area contributed by atoms with Crippen molar-refractivity contribution in [1.82, 2.24) is 9.99 Å². The van der Waals surface area contributed by atoms with Gasteiger partial charge in [0.1, 0.15) is 6.54 Å². The fourth-order valence-electron chi connectivity index (χ4n) is 3.52. The minimum absolute atomic E-state index is 0.330. The molecule has 0 atom stereocenters. The maximum Gasteiger partial charge on any atom is 0.260 e. The molecule has 0 saturated carbocycles. The minimum atomic E-state index is -3.74. The molecule has 0 radical (unpaired) electrons. The first-order valence-electron chi connectivity index (χ1n) is 10.1. The van der Waals surface area contributed by atoms with Crippen LogP contribution in [0.25, 0.3) is 5.69 Å². The highest BCUT2D eigenvalue weighted by molar-refractivity contribution is 7.92. The summed E-state index contributed by atoms with van der Waals surface area (Å²) in [5.41, 5.74) is 6.60. The van der Waals surface area contributed by atoms with E-state index < -0.39 is 22.5 Å². The zero-order chi connectivity index (χ0) is 25.2. The number of aryl methyl sites for hydroxylation is 2. The number of halogens is 3. The van der Waals surface area contributed by atoms with E-state index in [0.29, 0.717) is 26.3 Å². The smallest absolute Gasteiger partial charge is 0.260 e. The lowest BCUT2D eigenvalue weighted by molar-refractivity contribution is -0.119. The highest BCUT2D eigenvalue weighted by Crippen LogP contribution is 2.29. The second-order valence-electron chi connectivity index (χ2n) is 7.75. The molecule has 3 aromatic rings. The number of anilines is 1. The van der Waals surface area contributed by atoms with Gasteiger partial charge in [0, 0.05) is 27.0 Å². The molecule has 3 rings (SSSR count). The van der Waals surface area contributed by atoms with Crippen molar-refractivity contribution >= 4 is 62.6 Å². The van der Waals surface area contributed by atoms with E-state index in [1.54, 1.807) is 37.3 Å². The topological polar surface area (TPSA) is 83.8 Å². The third kappa shape index (κ3) is 5.93. The molecule has 1 aromatic heterocycles. The monoisotopic (exact) mass is 540 g/mol. The lowest BCUT2D eigenvalue weighted by atomic mass is 10.2. The van der Waals surface area contributed by atoms with Gasteiger partial charge < -0.3 is 4.57 Å². The zero-order valence-corrected chi connectivity index (χ0v) is 22.0. The predicted octanol–water partition coefficient (Wildman–Crippen LogP) is 5.28. The Balaban J connectivity index is 1.79. The first-order valence-corrected chi connectivity index (χ1v) is 13.1. The van der Waals surface area contributed by atoms with Gasteiger partial charge in [-0.3, -0.25) is 9.10 Å². The van der Waals surface area contributed by atoms with E-state index in [-0.39, 0.29) is 0 Å². The average molecular weight is 542 g/mol. The molecule has 0 aliphatic rings. The molecule has 11 heteroatoms. The van der Waals surface area contributed by atoms with Gasteiger partial charge in [0.2, 0.25) is 10.0 Å². The van der Waals surface area contributed by atoms with Gasteiger partial charge in [0.05, 0.1) is 28.9 Å². The number of carbonyl (C=O) groups excluding carboxylic acids is 1. The number of rotatable bonds is 7. The van der Waals surface area contributed by atoms with E-state index in [1.165, 1.54) is 12.3 Å². The van der Waals surface area contributed by atoms with E-state index in [1.807, 2.05) is 24.5 Å². The van der Waals surface area contributed by atoms with Crippen molar-refractivity contribution in [2.45, 2.75) is 20.8 Å². The number of benzene rings is 2. The summed E-state index contributed by atoms with van der Waals surface area (Å²) in [7, 11) is -3.74. The zero-order valence-electron chi connectivity index (χ0n) is 18.9. The summed E-state index contributed by atoms with van der Waals surface area (Å²) in [6, 6.07) is 11.9. The Morgan fingerprint density at radius 3 is 2.38 bits per heavy atom.